The van der Waals surface area contributed by atoms with E-state index in [1.165, 1.54) is 72.3 Å². The molecular weight excluding hydrogens is 541 g/mol. The van der Waals surface area contributed by atoms with E-state index in [0.717, 1.165) is 29.3 Å². The van der Waals surface area contributed by atoms with E-state index >= 15 is 0 Å². The van der Waals surface area contributed by atoms with Gasteiger partial charge in [0.05, 0.1) is 11.6 Å². The lowest BCUT2D eigenvalue weighted by atomic mass is 9.75. The van der Waals surface area contributed by atoms with Gasteiger partial charge in [0.25, 0.3) is 0 Å². The molecule has 1 N–H and O–H groups in total. The van der Waals surface area contributed by atoms with Gasteiger partial charge < -0.3 is 5.32 Å². The zero-order chi connectivity index (χ0) is 31.7. The molecule has 0 saturated carbocycles. The Labute approximate surface area is 267 Å². The summed E-state index contributed by atoms with van der Waals surface area (Å²) >= 11 is 2.10. The summed E-state index contributed by atoms with van der Waals surface area (Å²) in [5.74, 6) is 3.82. The van der Waals surface area contributed by atoms with Crippen LogP contribution in [0.25, 0.3) is 11.1 Å². The van der Waals surface area contributed by atoms with Crippen LogP contribution in [0.2, 0.25) is 0 Å². The Kier molecular flexibility index (Phi) is 16.0. The molecule has 2 nitrogen and oxygen atoms in total. The van der Waals surface area contributed by atoms with Crippen LogP contribution >= 0.6 is 11.8 Å². The second-order valence-corrected chi connectivity index (χ2v) is 13.4. The Morgan fingerprint density at radius 3 is 2.05 bits per heavy atom. The van der Waals surface area contributed by atoms with Gasteiger partial charge in [-0.25, -0.2) is 0 Å². The normalized spacial score (nSPS) is 13.0. The van der Waals surface area contributed by atoms with Gasteiger partial charge in [-0.1, -0.05) is 95.7 Å². The van der Waals surface area contributed by atoms with Crippen molar-refractivity contribution in [2.24, 2.45) is 5.92 Å². The zero-order valence-electron chi connectivity index (χ0n) is 27.6. The van der Waals surface area contributed by atoms with Gasteiger partial charge in [0, 0.05) is 17.8 Å². The number of hydrogen-bond donors (Lipinski definition) is 1. The summed E-state index contributed by atoms with van der Waals surface area (Å²) < 4.78 is 0. The molecule has 3 aromatic rings. The van der Waals surface area contributed by atoms with Crippen LogP contribution in [0.1, 0.15) is 94.9 Å². The summed E-state index contributed by atoms with van der Waals surface area (Å²) in [7, 11) is 0. The molecule has 0 aromatic heterocycles. The van der Waals surface area contributed by atoms with Crippen LogP contribution in [0.4, 0.5) is 5.69 Å². The number of anilines is 1. The molecule has 1 aliphatic rings. The first-order chi connectivity index (χ1) is 20.6. The van der Waals surface area contributed by atoms with Crippen LogP contribution < -0.4 is 5.32 Å². The highest BCUT2D eigenvalue weighted by Crippen LogP contribution is 2.35. The third-order valence-electron chi connectivity index (χ3n) is 7.95. The molecule has 4 rings (SSSR count). The van der Waals surface area contributed by atoms with E-state index in [-0.39, 0.29) is 5.41 Å². The zero-order valence-corrected chi connectivity index (χ0v) is 28.5. The van der Waals surface area contributed by atoms with E-state index in [0.29, 0.717) is 5.56 Å². The lowest BCUT2D eigenvalue weighted by molar-refractivity contribution is 0.392. The Balaban J connectivity index is 0.000000260. The largest absolute Gasteiger partial charge is 0.359 e. The van der Waals surface area contributed by atoms with Crippen LogP contribution in [0, 0.1) is 31.1 Å². The number of hydrogen-bond acceptors (Lipinski definition) is 3. The SMILES string of the molecule is C=CCC(=C)Nc1cc(C)cc(C)c1.CC1CCSCC1.CCCC(C)(CCC)c1ccc(-c2cccc(C#N)c2)cc1. The van der Waals surface area contributed by atoms with Crippen LogP contribution in [0.5, 0.6) is 0 Å². The molecule has 1 saturated heterocycles. The van der Waals surface area contributed by atoms with Gasteiger partial charge in [-0.05, 0) is 114 Å². The van der Waals surface area contributed by atoms with Gasteiger partial charge >= 0.3 is 0 Å². The Morgan fingerprint density at radius 2 is 1.56 bits per heavy atom. The van der Waals surface area contributed by atoms with Crippen molar-refractivity contribution in [1.82, 2.24) is 0 Å². The van der Waals surface area contributed by atoms with Crippen molar-refractivity contribution in [3.8, 4) is 17.2 Å². The van der Waals surface area contributed by atoms with E-state index in [9.17, 15) is 0 Å². The fraction of sp³-hybridized carbons (Fsp3) is 0.425. The standard InChI is InChI=1S/C21H25N.C13H17N.C6H12S/c1-4-13-21(3,14-5-2)20-11-9-18(10-12-20)19-8-6-7-17(15-19)16-22;1-5-6-12(4)14-13-8-10(2)7-11(3)9-13;1-6-2-4-7-5-3-6/h6-12,15H,4-5,13-14H2,1-3H3;5,7-9,14H,1,4,6H2,2-3H3;6H,2-5H2,1H3. The number of nitrogens with one attached hydrogen (secondary N) is 1. The minimum absolute atomic E-state index is 0.274. The molecule has 3 aromatic carbocycles. The third kappa shape index (κ3) is 12.9. The molecule has 0 bridgehead atoms. The molecule has 1 aliphatic heterocycles. The minimum atomic E-state index is 0.274. The maximum atomic E-state index is 9.03. The smallest absolute Gasteiger partial charge is 0.0991 e. The van der Waals surface area contributed by atoms with Crippen molar-refractivity contribution < 1.29 is 0 Å². The van der Waals surface area contributed by atoms with Crippen molar-refractivity contribution in [2.45, 2.75) is 91.9 Å². The number of rotatable bonds is 10. The van der Waals surface area contributed by atoms with E-state index in [1.807, 2.05) is 24.3 Å². The predicted molar refractivity (Wildman–Crippen MR) is 193 cm³/mol. The Morgan fingerprint density at radius 1 is 0.953 bits per heavy atom. The molecule has 0 atom stereocenters. The van der Waals surface area contributed by atoms with E-state index in [2.05, 4.69) is 126 Å². The van der Waals surface area contributed by atoms with Crippen LogP contribution in [0.3, 0.4) is 0 Å². The van der Waals surface area contributed by atoms with Gasteiger partial charge in [0.1, 0.15) is 0 Å². The van der Waals surface area contributed by atoms with Crippen molar-refractivity contribution in [3.63, 3.8) is 0 Å². The van der Waals surface area contributed by atoms with Crippen LogP contribution in [0.15, 0.2) is 91.7 Å². The lowest BCUT2D eigenvalue weighted by Crippen LogP contribution is -2.21. The van der Waals surface area contributed by atoms with Crippen LogP contribution in [-0.2, 0) is 5.41 Å². The highest BCUT2D eigenvalue weighted by Gasteiger charge is 2.24. The molecule has 0 spiro atoms. The molecular formula is C40H54N2S. The van der Waals surface area contributed by atoms with Crippen molar-refractivity contribution in [1.29, 1.82) is 5.26 Å². The van der Waals surface area contributed by atoms with Gasteiger partial charge in [0.2, 0.25) is 0 Å². The number of nitrogens with zero attached hydrogens (tertiary/aromatic N) is 1. The summed E-state index contributed by atoms with van der Waals surface area (Å²) in [4.78, 5) is 0. The Bertz CT molecular complexity index is 1280. The third-order valence-corrected chi connectivity index (χ3v) is 9.00. The fourth-order valence-electron chi connectivity index (χ4n) is 5.64. The molecule has 1 heterocycles. The quantitative estimate of drug-likeness (QED) is 0.237. The first-order valence-corrected chi connectivity index (χ1v) is 17.1. The summed E-state index contributed by atoms with van der Waals surface area (Å²) in [5, 5.41) is 12.3. The highest BCUT2D eigenvalue weighted by molar-refractivity contribution is 7.99. The minimum Gasteiger partial charge on any atom is -0.359 e. The first kappa shape index (κ1) is 36.0. The predicted octanol–water partition coefficient (Wildman–Crippen LogP) is 12.0. The van der Waals surface area contributed by atoms with Gasteiger partial charge in [-0.2, -0.15) is 17.0 Å². The van der Waals surface area contributed by atoms with E-state index in [1.54, 1.807) is 0 Å². The van der Waals surface area contributed by atoms with Gasteiger partial charge in [-0.3, -0.25) is 0 Å². The van der Waals surface area contributed by atoms with Crippen molar-refractivity contribution >= 4 is 17.4 Å². The monoisotopic (exact) mass is 594 g/mol. The van der Waals surface area contributed by atoms with Gasteiger partial charge in [-0.15, -0.1) is 6.58 Å². The highest BCUT2D eigenvalue weighted by atomic mass is 32.2. The summed E-state index contributed by atoms with van der Waals surface area (Å²) in [6.45, 7) is 21.0. The van der Waals surface area contributed by atoms with Crippen molar-refractivity contribution in [3.05, 3.63) is 114 Å². The number of aryl methyl sites for hydroxylation is 2. The number of thioether (sulfide) groups is 1. The fourth-order valence-corrected chi connectivity index (χ4v) is 6.98. The van der Waals surface area contributed by atoms with Crippen molar-refractivity contribution in [2.75, 3.05) is 16.8 Å². The summed E-state index contributed by atoms with van der Waals surface area (Å²) in [5.41, 5.74) is 9.31. The van der Waals surface area contributed by atoms with E-state index in [4.69, 9.17) is 5.26 Å². The van der Waals surface area contributed by atoms with Gasteiger partial charge in [0.15, 0.2) is 0 Å². The summed E-state index contributed by atoms with van der Waals surface area (Å²) in [6.07, 6.45) is 10.4. The molecule has 43 heavy (non-hydrogen) atoms. The number of nitriles is 1. The second kappa shape index (κ2) is 19.1. The molecule has 0 unspecified atom stereocenters. The first-order valence-electron chi connectivity index (χ1n) is 16.0. The average molecular weight is 595 g/mol. The Hall–Kier alpha value is -3.22. The van der Waals surface area contributed by atoms with E-state index < -0.39 is 0 Å². The average Bonchev–Trinajstić information content (AvgIpc) is 2.98. The topological polar surface area (TPSA) is 35.8 Å². The molecule has 0 amide bonds. The number of allylic oxidation sites excluding steroid dienone is 1. The molecule has 3 heteroatoms. The molecule has 0 radical (unpaired) electrons. The maximum Gasteiger partial charge on any atom is 0.0991 e. The molecule has 230 valence electrons. The second-order valence-electron chi connectivity index (χ2n) is 12.2. The molecule has 0 aliphatic carbocycles. The molecule has 1 fully saturated rings. The summed E-state index contributed by atoms with van der Waals surface area (Å²) in [6, 6.07) is 25.3. The van der Waals surface area contributed by atoms with Crippen LogP contribution in [-0.4, -0.2) is 11.5 Å². The maximum absolute atomic E-state index is 9.03. The lowest BCUT2D eigenvalue weighted by Gasteiger charge is -2.30. The number of benzene rings is 3.